The van der Waals surface area contributed by atoms with E-state index in [4.69, 9.17) is 39.0 Å². The van der Waals surface area contributed by atoms with E-state index < -0.39 is 0 Å². The fourth-order valence-electron chi connectivity index (χ4n) is 1.83. The van der Waals surface area contributed by atoms with Crippen molar-refractivity contribution in [2.45, 2.75) is 6.61 Å². The second kappa shape index (κ2) is 8.36. The first kappa shape index (κ1) is 17.1. The lowest BCUT2D eigenvalue weighted by Crippen LogP contribution is -2.82. The van der Waals surface area contributed by atoms with Crippen LogP contribution in [0.25, 0.3) is 0 Å². The topological polar surface area (TPSA) is 70.5 Å². The molecule has 23 heavy (non-hydrogen) atoms. The van der Waals surface area contributed by atoms with Gasteiger partial charge < -0.3 is 15.2 Å². The highest BCUT2D eigenvalue weighted by atomic mass is 35.5. The molecular weight excluding hydrogens is 334 g/mol. The molecule has 0 aliphatic carbocycles. The summed E-state index contributed by atoms with van der Waals surface area (Å²) in [5.74, 6) is 1.28. The molecule has 0 atom stereocenters. The van der Waals surface area contributed by atoms with Crippen molar-refractivity contribution < 1.29 is 14.6 Å². The Morgan fingerprint density at radius 1 is 1.26 bits per heavy atom. The van der Waals surface area contributed by atoms with Gasteiger partial charge >= 0.3 is 0 Å². The van der Waals surface area contributed by atoms with Gasteiger partial charge in [-0.15, -0.1) is 10.5 Å². The van der Waals surface area contributed by atoms with Crippen LogP contribution in [0, 0.1) is 0 Å². The third-order valence-corrected chi connectivity index (χ3v) is 3.28. The van der Waals surface area contributed by atoms with E-state index in [1.54, 1.807) is 13.3 Å². The van der Waals surface area contributed by atoms with Crippen LogP contribution in [-0.4, -0.2) is 18.4 Å². The highest BCUT2D eigenvalue weighted by molar-refractivity contribution is 7.80. The summed E-state index contributed by atoms with van der Waals surface area (Å²) in [6, 6.07) is 13.1. The summed E-state index contributed by atoms with van der Waals surface area (Å²) in [6.07, 6.45) is 1.71. The average molecular weight is 351 g/mol. The van der Waals surface area contributed by atoms with Crippen LogP contribution in [0.5, 0.6) is 11.5 Å². The lowest BCUT2D eigenvalue weighted by molar-refractivity contribution is -0.499. The van der Waals surface area contributed by atoms with Gasteiger partial charge in [0.1, 0.15) is 6.61 Å². The zero-order valence-electron chi connectivity index (χ0n) is 12.5. The number of rotatable bonds is 6. The van der Waals surface area contributed by atoms with Crippen LogP contribution in [0.15, 0.2) is 42.5 Å². The zero-order chi connectivity index (χ0) is 16.7. The highest BCUT2D eigenvalue weighted by Gasteiger charge is 2.07. The van der Waals surface area contributed by atoms with Gasteiger partial charge in [-0.3, -0.25) is 0 Å². The highest BCUT2D eigenvalue weighted by Crippen LogP contribution is 2.28. The number of nitrogens with one attached hydrogen (secondary N) is 2. The SMILES string of the molecule is COc1cc(C=[NH+]NC(N)=S)ccc1OCc1ccc(Cl)cc1. The van der Waals surface area contributed by atoms with Crippen molar-refractivity contribution >= 4 is 35.1 Å². The van der Waals surface area contributed by atoms with Crippen molar-refractivity contribution in [3.63, 3.8) is 0 Å². The first-order valence-electron chi connectivity index (χ1n) is 6.78. The van der Waals surface area contributed by atoms with E-state index in [9.17, 15) is 0 Å². The van der Waals surface area contributed by atoms with Gasteiger partial charge in [0.2, 0.25) is 5.11 Å². The molecule has 0 aliphatic heterocycles. The molecule has 2 aromatic rings. The van der Waals surface area contributed by atoms with Crippen LogP contribution in [0.1, 0.15) is 11.1 Å². The van der Waals surface area contributed by atoms with E-state index in [0.29, 0.717) is 23.1 Å². The maximum atomic E-state index is 5.86. The van der Waals surface area contributed by atoms with E-state index in [-0.39, 0.29) is 5.11 Å². The largest absolute Gasteiger partial charge is 0.493 e. The van der Waals surface area contributed by atoms with Crippen LogP contribution in [0.2, 0.25) is 5.02 Å². The smallest absolute Gasteiger partial charge is 0.221 e. The minimum atomic E-state index is 0.163. The third kappa shape index (κ3) is 5.43. The summed E-state index contributed by atoms with van der Waals surface area (Å²) in [6.45, 7) is 0.428. The molecule has 0 saturated heterocycles. The summed E-state index contributed by atoms with van der Waals surface area (Å²) < 4.78 is 11.1. The Hall–Kier alpha value is -2.31. The van der Waals surface area contributed by atoms with E-state index in [2.05, 4.69) is 10.5 Å². The van der Waals surface area contributed by atoms with Gasteiger partial charge in [0.05, 0.1) is 7.11 Å². The van der Waals surface area contributed by atoms with Gasteiger partial charge in [0.25, 0.3) is 0 Å². The molecule has 5 nitrogen and oxygen atoms in total. The average Bonchev–Trinajstić information content (AvgIpc) is 2.54. The molecule has 0 saturated carbocycles. The van der Waals surface area contributed by atoms with Gasteiger partial charge in [-0.25, -0.2) is 0 Å². The van der Waals surface area contributed by atoms with Crippen LogP contribution < -0.4 is 25.7 Å². The first-order chi connectivity index (χ1) is 11.1. The Balaban J connectivity index is 2.05. The minimum Gasteiger partial charge on any atom is -0.493 e. The zero-order valence-corrected chi connectivity index (χ0v) is 14.1. The Morgan fingerprint density at radius 3 is 2.65 bits per heavy atom. The van der Waals surface area contributed by atoms with Crippen molar-refractivity contribution in [3.8, 4) is 11.5 Å². The van der Waals surface area contributed by atoms with Crippen LogP contribution in [0.3, 0.4) is 0 Å². The number of methoxy groups -OCH3 is 1. The monoisotopic (exact) mass is 350 g/mol. The molecule has 120 valence electrons. The summed E-state index contributed by atoms with van der Waals surface area (Å²) in [5.41, 5.74) is 9.85. The molecule has 0 fully saturated rings. The molecule has 0 unspecified atom stereocenters. The molecule has 0 spiro atoms. The normalized spacial score (nSPS) is 10.5. The summed E-state index contributed by atoms with van der Waals surface area (Å²) >= 11 is 10.6. The maximum absolute atomic E-state index is 5.86. The molecule has 7 heteroatoms. The van der Waals surface area contributed by atoms with Gasteiger partial charge in [-0.1, -0.05) is 23.7 Å². The summed E-state index contributed by atoms with van der Waals surface area (Å²) in [4.78, 5) is 0. The van der Waals surface area contributed by atoms with Crippen molar-refractivity contribution in [1.82, 2.24) is 5.43 Å². The van der Waals surface area contributed by atoms with Gasteiger partial charge in [0, 0.05) is 10.6 Å². The number of ether oxygens (including phenoxy) is 2. The van der Waals surface area contributed by atoms with Gasteiger partial charge in [-0.05, 0) is 48.1 Å². The number of benzene rings is 2. The fraction of sp³-hybridized carbons (Fsp3) is 0.125. The molecule has 0 amide bonds. The Labute approximate surface area is 145 Å². The molecule has 4 N–H and O–H groups in total. The summed E-state index contributed by atoms with van der Waals surface area (Å²) in [7, 11) is 1.59. The molecule has 2 aromatic carbocycles. The number of halogens is 1. The number of hydrogen-bond acceptors (Lipinski definition) is 3. The van der Waals surface area contributed by atoms with Crippen LogP contribution in [0.4, 0.5) is 0 Å². The molecule has 0 radical (unpaired) electrons. The molecule has 0 heterocycles. The minimum absolute atomic E-state index is 0.163. The number of hydrazine groups is 1. The number of nitrogens with two attached hydrogens (primary N) is 1. The van der Waals surface area contributed by atoms with Crippen LogP contribution >= 0.6 is 23.8 Å². The quantitative estimate of drug-likeness (QED) is 0.414. The van der Waals surface area contributed by atoms with Crippen molar-refractivity contribution in [3.05, 3.63) is 58.6 Å². The van der Waals surface area contributed by atoms with Crippen molar-refractivity contribution in [2.24, 2.45) is 5.73 Å². The van der Waals surface area contributed by atoms with Crippen LogP contribution in [-0.2, 0) is 6.61 Å². The fourth-order valence-corrected chi connectivity index (χ4v) is 2.01. The molecule has 0 aliphatic rings. The molecule has 0 aromatic heterocycles. The molecule has 2 rings (SSSR count). The van der Waals surface area contributed by atoms with Gasteiger partial charge in [-0.2, -0.15) is 0 Å². The molecular formula is C16H17ClN3O2S+. The number of hydrogen-bond donors (Lipinski definition) is 3. The third-order valence-electron chi connectivity index (χ3n) is 2.93. The Bertz CT molecular complexity index is 705. The Morgan fingerprint density at radius 2 is 2.00 bits per heavy atom. The number of hydrazone groups is 1. The van der Waals surface area contributed by atoms with E-state index >= 15 is 0 Å². The predicted molar refractivity (Wildman–Crippen MR) is 94.8 cm³/mol. The van der Waals surface area contributed by atoms with Crippen molar-refractivity contribution in [2.75, 3.05) is 7.11 Å². The maximum Gasteiger partial charge on any atom is 0.221 e. The predicted octanol–water partition coefficient (Wildman–Crippen LogP) is 1.18. The lowest BCUT2D eigenvalue weighted by Gasteiger charge is -2.11. The molecule has 0 bridgehead atoms. The standard InChI is InChI=1S/C16H16ClN3O2S/c1-21-15-8-12(9-19-20-16(18)23)4-7-14(15)22-10-11-2-5-13(17)6-3-11/h2-9H,10H2,1H3,(H3,18,20,23)/p+1. The van der Waals surface area contributed by atoms with E-state index in [1.165, 1.54) is 0 Å². The first-order valence-corrected chi connectivity index (χ1v) is 7.56. The lowest BCUT2D eigenvalue weighted by atomic mass is 10.2. The van der Waals surface area contributed by atoms with E-state index in [0.717, 1.165) is 11.1 Å². The van der Waals surface area contributed by atoms with Gasteiger partial charge in [0.15, 0.2) is 17.7 Å². The van der Waals surface area contributed by atoms with E-state index in [1.807, 2.05) is 42.5 Å². The Kier molecular flexibility index (Phi) is 6.19. The second-order valence-electron chi connectivity index (χ2n) is 4.60. The summed E-state index contributed by atoms with van der Waals surface area (Å²) in [5, 5.41) is 3.65. The number of thiocarbonyl (C=S) groups is 1. The second-order valence-corrected chi connectivity index (χ2v) is 5.48. The van der Waals surface area contributed by atoms with Crippen molar-refractivity contribution in [1.29, 1.82) is 0 Å².